The molecule has 0 spiro atoms. The summed E-state index contributed by atoms with van der Waals surface area (Å²) in [5.74, 6) is 1.57. The van der Waals surface area contributed by atoms with E-state index in [1.54, 1.807) is 6.07 Å². The zero-order valence-corrected chi connectivity index (χ0v) is 16.0. The Bertz CT molecular complexity index is 948. The van der Waals surface area contributed by atoms with Gasteiger partial charge in [-0.1, -0.05) is 24.3 Å². The smallest absolute Gasteiger partial charge is 0.287 e. The van der Waals surface area contributed by atoms with Crippen molar-refractivity contribution < 1.29 is 9.21 Å². The number of carbonyl (C=O) groups is 1. The standard InChI is InChI=1S/C23H25N3O2/c1-15-22(18-10-13-26(15)14-11-18)25-23(27)21-9-8-20(28-21)17-6-4-16(5-7-17)19-3-2-12-24-19/h2-9,12,15,18,22,24H,10-11,13-14H2,1H3,(H,25,27)/t15-,22-/m0/s1. The van der Waals surface area contributed by atoms with E-state index in [4.69, 9.17) is 4.42 Å². The molecule has 0 unspecified atom stereocenters. The van der Waals surface area contributed by atoms with Gasteiger partial charge in [-0.25, -0.2) is 0 Å². The predicted octanol–water partition coefficient (Wildman–Crippen LogP) is 4.15. The molecule has 2 bridgehead atoms. The van der Waals surface area contributed by atoms with E-state index in [0.29, 0.717) is 23.5 Å². The number of piperidine rings is 3. The quantitative estimate of drug-likeness (QED) is 0.720. The van der Waals surface area contributed by atoms with Gasteiger partial charge in [-0.05, 0) is 68.6 Å². The van der Waals surface area contributed by atoms with Crippen LogP contribution in [0.15, 0.2) is 59.1 Å². The van der Waals surface area contributed by atoms with Crippen LogP contribution in [-0.2, 0) is 0 Å². The van der Waals surface area contributed by atoms with Crippen LogP contribution in [0, 0.1) is 5.92 Å². The number of carbonyl (C=O) groups excluding carboxylic acids is 1. The van der Waals surface area contributed by atoms with Gasteiger partial charge in [0.2, 0.25) is 0 Å². The Hall–Kier alpha value is -2.79. The first kappa shape index (κ1) is 17.3. The summed E-state index contributed by atoms with van der Waals surface area (Å²) >= 11 is 0. The summed E-state index contributed by atoms with van der Waals surface area (Å²) in [6, 6.07) is 16.4. The van der Waals surface area contributed by atoms with E-state index < -0.39 is 0 Å². The summed E-state index contributed by atoms with van der Waals surface area (Å²) in [5.41, 5.74) is 3.16. The highest BCUT2D eigenvalue weighted by Gasteiger charge is 2.40. The van der Waals surface area contributed by atoms with Gasteiger partial charge in [0.25, 0.3) is 5.91 Å². The molecule has 3 aromatic rings. The van der Waals surface area contributed by atoms with Crippen molar-refractivity contribution in [2.24, 2.45) is 5.92 Å². The fraction of sp³-hybridized carbons (Fsp3) is 0.348. The summed E-state index contributed by atoms with van der Waals surface area (Å²) in [6.45, 7) is 4.53. The topological polar surface area (TPSA) is 61.3 Å². The van der Waals surface area contributed by atoms with Crippen LogP contribution >= 0.6 is 0 Å². The number of rotatable bonds is 4. The van der Waals surface area contributed by atoms with Gasteiger partial charge in [0, 0.05) is 29.5 Å². The van der Waals surface area contributed by atoms with Crippen molar-refractivity contribution in [1.29, 1.82) is 0 Å². The number of hydrogen-bond acceptors (Lipinski definition) is 3. The largest absolute Gasteiger partial charge is 0.451 e. The Morgan fingerprint density at radius 1 is 1.07 bits per heavy atom. The lowest BCUT2D eigenvalue weighted by Gasteiger charge is -2.49. The second-order valence-corrected chi connectivity index (χ2v) is 7.94. The van der Waals surface area contributed by atoms with E-state index in [1.807, 2.05) is 36.5 Å². The summed E-state index contributed by atoms with van der Waals surface area (Å²) in [4.78, 5) is 18.4. The lowest BCUT2D eigenvalue weighted by Crippen LogP contribution is -2.62. The van der Waals surface area contributed by atoms with Crippen molar-refractivity contribution in [3.8, 4) is 22.6 Å². The van der Waals surface area contributed by atoms with E-state index in [9.17, 15) is 4.79 Å². The fourth-order valence-electron chi connectivity index (χ4n) is 4.71. The molecule has 2 aromatic heterocycles. The monoisotopic (exact) mass is 375 g/mol. The fourth-order valence-corrected chi connectivity index (χ4v) is 4.71. The van der Waals surface area contributed by atoms with Gasteiger partial charge in [-0.15, -0.1) is 0 Å². The maximum absolute atomic E-state index is 12.8. The number of fused-ring (bicyclic) bond motifs is 3. The van der Waals surface area contributed by atoms with Crippen LogP contribution < -0.4 is 5.32 Å². The lowest BCUT2D eigenvalue weighted by molar-refractivity contribution is 0.0211. The molecule has 5 nitrogen and oxygen atoms in total. The van der Waals surface area contributed by atoms with E-state index in [1.165, 1.54) is 12.8 Å². The molecule has 28 heavy (non-hydrogen) atoms. The Morgan fingerprint density at radius 2 is 1.82 bits per heavy atom. The molecular formula is C23H25N3O2. The minimum absolute atomic E-state index is 0.111. The van der Waals surface area contributed by atoms with Gasteiger partial charge in [-0.2, -0.15) is 0 Å². The molecule has 3 saturated heterocycles. The molecule has 0 saturated carbocycles. The Labute approximate surface area is 164 Å². The summed E-state index contributed by atoms with van der Waals surface area (Å²) in [7, 11) is 0. The van der Waals surface area contributed by atoms with E-state index in [-0.39, 0.29) is 11.9 Å². The first-order valence-corrected chi connectivity index (χ1v) is 10.1. The lowest BCUT2D eigenvalue weighted by atomic mass is 9.79. The van der Waals surface area contributed by atoms with Crippen molar-refractivity contribution in [1.82, 2.24) is 15.2 Å². The molecule has 0 radical (unpaired) electrons. The molecule has 3 fully saturated rings. The van der Waals surface area contributed by atoms with Gasteiger partial charge in [-0.3, -0.25) is 9.69 Å². The highest BCUT2D eigenvalue weighted by atomic mass is 16.3. The van der Waals surface area contributed by atoms with Crippen molar-refractivity contribution in [3.63, 3.8) is 0 Å². The highest BCUT2D eigenvalue weighted by molar-refractivity contribution is 5.92. The van der Waals surface area contributed by atoms with Gasteiger partial charge in [0.05, 0.1) is 0 Å². The number of amides is 1. The van der Waals surface area contributed by atoms with Crippen LogP contribution in [0.5, 0.6) is 0 Å². The Balaban J connectivity index is 1.30. The van der Waals surface area contributed by atoms with Crippen LogP contribution in [0.4, 0.5) is 0 Å². The van der Waals surface area contributed by atoms with Gasteiger partial charge >= 0.3 is 0 Å². The van der Waals surface area contributed by atoms with Crippen molar-refractivity contribution >= 4 is 5.91 Å². The highest BCUT2D eigenvalue weighted by Crippen LogP contribution is 2.32. The number of furan rings is 1. The number of nitrogens with zero attached hydrogens (tertiary/aromatic N) is 1. The molecule has 0 aliphatic carbocycles. The third-order valence-corrected chi connectivity index (χ3v) is 6.38. The molecule has 6 rings (SSSR count). The minimum Gasteiger partial charge on any atom is -0.451 e. The second-order valence-electron chi connectivity index (χ2n) is 7.94. The van der Waals surface area contributed by atoms with Crippen LogP contribution in [0.2, 0.25) is 0 Å². The van der Waals surface area contributed by atoms with E-state index in [0.717, 1.165) is 29.9 Å². The minimum atomic E-state index is -0.111. The molecule has 2 N–H and O–H groups in total. The zero-order chi connectivity index (χ0) is 19.1. The molecule has 144 valence electrons. The number of nitrogens with one attached hydrogen (secondary N) is 2. The SMILES string of the molecule is C[C@H]1[C@H](NC(=O)c2ccc(-c3ccc(-c4ccc[nH]4)cc3)o2)C2CCN1CC2. The molecule has 3 aliphatic rings. The Morgan fingerprint density at radius 3 is 2.50 bits per heavy atom. The first-order valence-electron chi connectivity index (χ1n) is 10.1. The van der Waals surface area contributed by atoms with Crippen molar-refractivity contribution in [3.05, 3.63) is 60.5 Å². The molecule has 2 atom stereocenters. The average molecular weight is 375 g/mol. The second kappa shape index (κ2) is 6.99. The molecule has 5 heteroatoms. The van der Waals surface area contributed by atoms with Gasteiger partial charge in [0.15, 0.2) is 5.76 Å². The summed E-state index contributed by atoms with van der Waals surface area (Å²) in [5, 5.41) is 3.23. The number of hydrogen-bond donors (Lipinski definition) is 2. The van der Waals surface area contributed by atoms with E-state index in [2.05, 4.69) is 34.3 Å². The molecular weight excluding hydrogens is 350 g/mol. The number of benzene rings is 1. The van der Waals surface area contributed by atoms with Crippen LogP contribution in [0.1, 0.15) is 30.3 Å². The molecule has 1 amide bonds. The normalized spacial score (nSPS) is 26.3. The average Bonchev–Trinajstić information content (AvgIpc) is 3.43. The van der Waals surface area contributed by atoms with Crippen molar-refractivity contribution in [2.75, 3.05) is 13.1 Å². The zero-order valence-electron chi connectivity index (χ0n) is 16.0. The first-order chi connectivity index (χ1) is 13.7. The van der Waals surface area contributed by atoms with E-state index >= 15 is 0 Å². The third kappa shape index (κ3) is 3.06. The number of H-pyrrole nitrogens is 1. The Kier molecular flexibility index (Phi) is 4.32. The van der Waals surface area contributed by atoms with Gasteiger partial charge in [0.1, 0.15) is 5.76 Å². The molecule has 3 aliphatic heterocycles. The van der Waals surface area contributed by atoms with Crippen LogP contribution in [0.25, 0.3) is 22.6 Å². The predicted molar refractivity (Wildman–Crippen MR) is 109 cm³/mol. The molecule has 5 heterocycles. The van der Waals surface area contributed by atoms with Gasteiger partial charge < -0.3 is 14.7 Å². The number of aromatic amines is 1. The van der Waals surface area contributed by atoms with Crippen molar-refractivity contribution in [2.45, 2.75) is 31.8 Å². The summed E-state index contributed by atoms with van der Waals surface area (Å²) < 4.78 is 5.89. The van der Waals surface area contributed by atoms with Crippen LogP contribution in [-0.4, -0.2) is 41.0 Å². The maximum atomic E-state index is 12.8. The summed E-state index contributed by atoms with van der Waals surface area (Å²) in [6.07, 6.45) is 4.26. The maximum Gasteiger partial charge on any atom is 0.287 e. The van der Waals surface area contributed by atoms with Crippen LogP contribution in [0.3, 0.4) is 0 Å². The number of aromatic nitrogens is 1. The molecule has 1 aromatic carbocycles. The third-order valence-electron chi connectivity index (χ3n) is 6.38.